The van der Waals surface area contributed by atoms with Crippen molar-refractivity contribution in [1.82, 2.24) is 14.6 Å². The summed E-state index contributed by atoms with van der Waals surface area (Å²) in [6.07, 6.45) is 1.71. The molecule has 6 nitrogen and oxygen atoms in total. The van der Waals surface area contributed by atoms with E-state index in [4.69, 9.17) is 11.6 Å². The number of nitrogens with one attached hydrogen (secondary N) is 1. The van der Waals surface area contributed by atoms with Crippen LogP contribution >= 0.6 is 11.6 Å². The van der Waals surface area contributed by atoms with E-state index in [0.717, 1.165) is 16.8 Å². The minimum atomic E-state index is -3.81. The van der Waals surface area contributed by atoms with E-state index in [-0.39, 0.29) is 10.3 Å². The van der Waals surface area contributed by atoms with E-state index >= 15 is 0 Å². The molecule has 0 bridgehead atoms. The van der Waals surface area contributed by atoms with E-state index in [2.05, 4.69) is 35.6 Å². The summed E-state index contributed by atoms with van der Waals surface area (Å²) in [6.45, 7) is 8.14. The molecule has 4 aromatic rings. The number of halogens is 1. The van der Waals surface area contributed by atoms with E-state index in [1.165, 1.54) is 4.52 Å². The van der Waals surface area contributed by atoms with Crippen molar-refractivity contribution in [1.29, 1.82) is 0 Å². The first kappa shape index (κ1) is 21.3. The maximum Gasteiger partial charge on any atom is 0.263 e. The summed E-state index contributed by atoms with van der Waals surface area (Å²) >= 11 is 6.36. The first-order chi connectivity index (χ1) is 14.6. The number of aromatic nitrogens is 3. The molecule has 0 atom stereocenters. The third kappa shape index (κ3) is 4.16. The predicted molar refractivity (Wildman–Crippen MR) is 124 cm³/mol. The average molecular weight is 455 g/mol. The molecular weight excluding hydrogens is 432 g/mol. The molecule has 0 aliphatic heterocycles. The van der Waals surface area contributed by atoms with Gasteiger partial charge in [-0.05, 0) is 60.4 Å². The number of pyridine rings is 2. The highest BCUT2D eigenvalue weighted by Gasteiger charge is 2.20. The van der Waals surface area contributed by atoms with Crippen molar-refractivity contribution < 1.29 is 8.42 Å². The lowest BCUT2D eigenvalue weighted by molar-refractivity contribution is 0.587. The summed E-state index contributed by atoms with van der Waals surface area (Å²) in [5.41, 5.74) is 3.94. The van der Waals surface area contributed by atoms with Gasteiger partial charge in [0.05, 0.1) is 21.1 Å². The molecule has 0 fully saturated rings. The Bertz CT molecular complexity index is 1370. The number of hydrogen-bond acceptors (Lipinski definition) is 4. The number of anilines is 1. The maximum absolute atomic E-state index is 13.0. The fourth-order valence-electron chi connectivity index (χ4n) is 3.34. The highest BCUT2D eigenvalue weighted by molar-refractivity contribution is 7.92. The minimum Gasteiger partial charge on any atom is -0.263 e. The Morgan fingerprint density at radius 2 is 1.74 bits per heavy atom. The number of benzene rings is 1. The van der Waals surface area contributed by atoms with Crippen LogP contribution in [0.15, 0.2) is 65.7 Å². The lowest BCUT2D eigenvalue weighted by Gasteiger charge is -2.19. The Kier molecular flexibility index (Phi) is 5.27. The molecule has 0 saturated heterocycles. The summed E-state index contributed by atoms with van der Waals surface area (Å²) in [4.78, 5) is 4.48. The fraction of sp³-hybridized carbons (Fsp3) is 0.217. The summed E-state index contributed by atoms with van der Waals surface area (Å²) < 4.78 is 30.2. The lowest BCUT2D eigenvalue weighted by Crippen LogP contribution is -2.16. The second-order valence-corrected chi connectivity index (χ2v) is 10.5. The zero-order chi connectivity index (χ0) is 22.4. The van der Waals surface area contributed by atoms with E-state index in [9.17, 15) is 8.42 Å². The molecule has 1 N–H and O–H groups in total. The molecule has 0 unspecified atom stereocenters. The zero-order valence-corrected chi connectivity index (χ0v) is 19.3. The van der Waals surface area contributed by atoms with Gasteiger partial charge < -0.3 is 0 Å². The summed E-state index contributed by atoms with van der Waals surface area (Å²) in [7, 11) is -3.81. The number of nitrogens with zero attached hydrogens (tertiary/aromatic N) is 3. The number of rotatable bonds is 4. The van der Waals surface area contributed by atoms with Crippen LogP contribution in [-0.2, 0) is 15.4 Å². The van der Waals surface area contributed by atoms with Gasteiger partial charge in [-0.2, -0.15) is 5.10 Å². The smallest absolute Gasteiger partial charge is 0.263 e. The standard InChI is InChI=1S/C23H23ClN4O2S/c1-15-18(6-5-13-25-15)20-14-21-19(24)11-12-22(28(21)26-20)27-31(29,30)17-9-7-16(8-10-17)23(2,3)4/h5-14,27H,1-4H3. The number of aryl methyl sites for hydroxylation is 1. The van der Waals surface area contributed by atoms with Crippen molar-refractivity contribution in [2.45, 2.75) is 38.0 Å². The summed E-state index contributed by atoms with van der Waals surface area (Å²) in [5, 5.41) is 5.06. The maximum atomic E-state index is 13.0. The Morgan fingerprint density at radius 1 is 1.03 bits per heavy atom. The molecule has 0 saturated carbocycles. The van der Waals surface area contributed by atoms with Crippen LogP contribution in [-0.4, -0.2) is 23.0 Å². The van der Waals surface area contributed by atoms with Gasteiger partial charge in [-0.25, -0.2) is 12.9 Å². The third-order valence-corrected chi connectivity index (χ3v) is 6.81. The molecule has 0 aliphatic carbocycles. The SMILES string of the molecule is Cc1ncccc1-c1cc2c(Cl)ccc(NS(=O)(=O)c3ccc(C(C)(C)C)cc3)n2n1. The van der Waals surface area contributed by atoms with Gasteiger partial charge in [0.25, 0.3) is 10.0 Å². The molecule has 0 radical (unpaired) electrons. The Balaban J connectivity index is 1.74. The Hall–Kier alpha value is -2.90. The van der Waals surface area contributed by atoms with Crippen molar-refractivity contribution in [2.24, 2.45) is 0 Å². The summed E-state index contributed by atoms with van der Waals surface area (Å²) in [5.74, 6) is 0.298. The van der Waals surface area contributed by atoms with E-state index < -0.39 is 10.0 Å². The summed E-state index contributed by atoms with van der Waals surface area (Å²) in [6, 6.07) is 15.7. The topological polar surface area (TPSA) is 76.4 Å². The van der Waals surface area contributed by atoms with Crippen LogP contribution in [0, 0.1) is 6.92 Å². The van der Waals surface area contributed by atoms with Crippen LogP contribution < -0.4 is 4.72 Å². The van der Waals surface area contributed by atoms with Crippen LogP contribution in [0.3, 0.4) is 0 Å². The zero-order valence-electron chi connectivity index (χ0n) is 17.7. The molecule has 8 heteroatoms. The van der Waals surface area contributed by atoms with E-state index in [1.807, 2.05) is 37.3 Å². The molecule has 160 valence electrons. The molecule has 0 aliphatic rings. The second kappa shape index (κ2) is 7.66. The van der Waals surface area contributed by atoms with Crippen molar-refractivity contribution >= 4 is 33.0 Å². The number of sulfonamides is 1. The molecular formula is C23H23ClN4O2S. The van der Waals surface area contributed by atoms with Crippen molar-refractivity contribution in [2.75, 3.05) is 4.72 Å². The van der Waals surface area contributed by atoms with Crippen LogP contribution in [0.1, 0.15) is 32.0 Å². The normalized spacial score (nSPS) is 12.3. The third-order valence-electron chi connectivity index (χ3n) is 5.12. The predicted octanol–water partition coefficient (Wildman–Crippen LogP) is 5.46. The lowest BCUT2D eigenvalue weighted by atomic mass is 9.87. The molecule has 3 aromatic heterocycles. The van der Waals surface area contributed by atoms with Gasteiger partial charge in [0.2, 0.25) is 0 Å². The molecule has 3 heterocycles. The van der Waals surface area contributed by atoms with Gasteiger partial charge in [-0.1, -0.05) is 44.5 Å². The first-order valence-electron chi connectivity index (χ1n) is 9.80. The minimum absolute atomic E-state index is 0.0616. The molecule has 0 amide bonds. The van der Waals surface area contributed by atoms with Gasteiger partial charge in [-0.3, -0.25) is 9.71 Å². The molecule has 0 spiro atoms. The van der Waals surface area contributed by atoms with Crippen LogP contribution in [0.2, 0.25) is 5.02 Å². The van der Waals surface area contributed by atoms with Crippen molar-refractivity contribution in [3.8, 4) is 11.3 Å². The van der Waals surface area contributed by atoms with Crippen LogP contribution in [0.25, 0.3) is 16.8 Å². The Morgan fingerprint density at radius 3 is 2.39 bits per heavy atom. The molecule has 4 rings (SSSR count). The van der Waals surface area contributed by atoms with Crippen LogP contribution in [0.5, 0.6) is 0 Å². The van der Waals surface area contributed by atoms with E-state index in [1.54, 1.807) is 30.5 Å². The first-order valence-corrected chi connectivity index (χ1v) is 11.7. The van der Waals surface area contributed by atoms with Gasteiger partial charge in [0, 0.05) is 17.5 Å². The van der Waals surface area contributed by atoms with Crippen LogP contribution in [0.4, 0.5) is 5.82 Å². The highest BCUT2D eigenvalue weighted by atomic mass is 35.5. The molecule has 31 heavy (non-hydrogen) atoms. The largest absolute Gasteiger partial charge is 0.263 e. The van der Waals surface area contributed by atoms with Crippen molar-refractivity contribution in [3.63, 3.8) is 0 Å². The Labute approximate surface area is 187 Å². The quantitative estimate of drug-likeness (QED) is 0.444. The molecule has 1 aromatic carbocycles. The van der Waals surface area contributed by atoms with E-state index in [0.29, 0.717) is 22.1 Å². The van der Waals surface area contributed by atoms with Gasteiger partial charge in [0.1, 0.15) is 5.82 Å². The number of fused-ring (bicyclic) bond motifs is 1. The fourth-order valence-corrected chi connectivity index (χ4v) is 4.58. The number of hydrogen-bond donors (Lipinski definition) is 1. The van der Waals surface area contributed by atoms with Gasteiger partial charge in [-0.15, -0.1) is 0 Å². The highest BCUT2D eigenvalue weighted by Crippen LogP contribution is 2.29. The van der Waals surface area contributed by atoms with Gasteiger partial charge >= 0.3 is 0 Å². The average Bonchev–Trinajstić information content (AvgIpc) is 3.16. The van der Waals surface area contributed by atoms with Crippen molar-refractivity contribution in [3.05, 3.63) is 77.1 Å². The second-order valence-electron chi connectivity index (χ2n) is 8.41. The monoisotopic (exact) mass is 454 g/mol. The van der Waals surface area contributed by atoms with Gasteiger partial charge in [0.15, 0.2) is 0 Å².